The normalized spacial score (nSPS) is 12.4. The summed E-state index contributed by atoms with van der Waals surface area (Å²) in [7, 11) is 0. The number of alkyl halides is 3. The third-order valence-electron chi connectivity index (χ3n) is 3.02. The molecule has 132 valence electrons. The van der Waals surface area contributed by atoms with E-state index in [4.69, 9.17) is 0 Å². The minimum Gasteiger partial charge on any atom is -0.387 e. The summed E-state index contributed by atoms with van der Waals surface area (Å²) in [5.41, 5.74) is -1.83. The van der Waals surface area contributed by atoms with Gasteiger partial charge >= 0.3 is 18.2 Å². The highest BCUT2D eigenvalue weighted by Gasteiger charge is 2.37. The minimum atomic E-state index is -5.34. The second kappa shape index (κ2) is 7.10. The Kier molecular flexibility index (Phi) is 5.66. The van der Waals surface area contributed by atoms with Crippen molar-refractivity contribution in [1.82, 2.24) is 0 Å². The number of rotatable bonds is 5. The summed E-state index contributed by atoms with van der Waals surface area (Å²) in [5, 5.41) is 21.9. The molecule has 1 aromatic rings. The van der Waals surface area contributed by atoms with E-state index in [0.29, 0.717) is 12.5 Å². The van der Waals surface area contributed by atoms with Gasteiger partial charge in [0.1, 0.15) is 0 Å². The van der Waals surface area contributed by atoms with Crippen molar-refractivity contribution in [3.8, 4) is 5.75 Å². The van der Waals surface area contributed by atoms with Gasteiger partial charge in [0.2, 0.25) is 5.75 Å². The van der Waals surface area contributed by atoms with Gasteiger partial charge in [-0.1, -0.05) is 13.8 Å². The van der Waals surface area contributed by atoms with Crippen LogP contribution in [0.3, 0.4) is 0 Å². The maximum absolute atomic E-state index is 12.0. The number of nitro groups is 2. The Labute approximate surface area is 132 Å². The quantitative estimate of drug-likeness (QED) is 0.339. The number of carbonyl (C=O) groups excluding carboxylic acids is 1. The second-order valence-corrected chi connectivity index (χ2v) is 4.61. The largest absolute Gasteiger partial charge is 0.577 e. The smallest absolute Gasteiger partial charge is 0.387 e. The number of halogens is 3. The van der Waals surface area contributed by atoms with Gasteiger partial charge in [-0.05, 0) is 12.3 Å². The number of nitrogens with zero attached hydrogens (tertiary/aromatic N) is 2. The number of nitro benzene ring substituents is 2. The first kappa shape index (κ1) is 19.1. The minimum absolute atomic E-state index is 0.155. The van der Waals surface area contributed by atoms with Crippen molar-refractivity contribution < 1.29 is 37.3 Å². The predicted molar refractivity (Wildman–Crippen MR) is 71.6 cm³/mol. The van der Waals surface area contributed by atoms with Gasteiger partial charge in [-0.3, -0.25) is 20.2 Å². The molecule has 0 heterocycles. The molecule has 0 N–H and O–H groups in total. The Morgan fingerprint density at radius 1 is 1.25 bits per heavy atom. The first-order valence-electron chi connectivity index (χ1n) is 6.40. The molecule has 0 aliphatic rings. The van der Waals surface area contributed by atoms with Crippen molar-refractivity contribution in [3.63, 3.8) is 0 Å². The molecule has 1 rings (SSSR count). The van der Waals surface area contributed by atoms with Crippen LogP contribution in [0.5, 0.6) is 5.75 Å². The monoisotopic (exact) mass is 352 g/mol. The van der Waals surface area contributed by atoms with E-state index < -0.39 is 45.4 Å². The van der Waals surface area contributed by atoms with Gasteiger partial charge in [-0.25, -0.2) is 4.79 Å². The van der Waals surface area contributed by atoms with E-state index >= 15 is 0 Å². The van der Waals surface area contributed by atoms with Gasteiger partial charge in [0.25, 0.3) is 5.69 Å². The lowest BCUT2D eigenvalue weighted by Gasteiger charge is -2.15. The van der Waals surface area contributed by atoms with Crippen LogP contribution in [0.15, 0.2) is 12.1 Å². The predicted octanol–water partition coefficient (Wildman–Crippen LogP) is 4.05. The molecule has 12 heteroatoms. The molecule has 0 saturated heterocycles. The fourth-order valence-corrected chi connectivity index (χ4v) is 1.76. The van der Waals surface area contributed by atoms with Gasteiger partial charge in [0.15, 0.2) is 0 Å². The summed E-state index contributed by atoms with van der Waals surface area (Å²) in [4.78, 5) is 31.1. The first-order valence-corrected chi connectivity index (χ1v) is 6.40. The van der Waals surface area contributed by atoms with E-state index in [0.717, 1.165) is 6.07 Å². The summed E-state index contributed by atoms with van der Waals surface area (Å²) in [6.07, 6.45) is -7.25. The summed E-state index contributed by atoms with van der Waals surface area (Å²) in [6, 6.07) is 1.39. The number of non-ortho nitro benzene ring substituents is 1. The lowest BCUT2D eigenvalue weighted by atomic mass is 9.96. The van der Waals surface area contributed by atoms with Gasteiger partial charge in [-0.2, -0.15) is 0 Å². The van der Waals surface area contributed by atoms with Crippen LogP contribution in [-0.4, -0.2) is 22.4 Å². The van der Waals surface area contributed by atoms with Crippen molar-refractivity contribution >= 4 is 17.5 Å². The molecule has 0 aliphatic carbocycles. The number of ether oxygens (including phenoxy) is 2. The Balaban J connectivity index is 3.45. The van der Waals surface area contributed by atoms with Crippen LogP contribution in [0, 0.1) is 20.2 Å². The highest BCUT2D eigenvalue weighted by atomic mass is 19.4. The first-order chi connectivity index (χ1) is 11.0. The number of hydrogen-bond donors (Lipinski definition) is 0. The molecule has 0 spiro atoms. The molecule has 9 nitrogen and oxygen atoms in total. The van der Waals surface area contributed by atoms with E-state index in [1.807, 2.05) is 0 Å². The van der Waals surface area contributed by atoms with Crippen LogP contribution in [0.4, 0.5) is 29.3 Å². The van der Waals surface area contributed by atoms with Crippen molar-refractivity contribution in [2.45, 2.75) is 32.5 Å². The summed E-state index contributed by atoms with van der Waals surface area (Å²) in [5.74, 6) is -1.40. The lowest BCUT2D eigenvalue weighted by molar-refractivity contribution is -0.394. The van der Waals surface area contributed by atoms with Crippen LogP contribution >= 0.6 is 0 Å². The lowest BCUT2D eigenvalue weighted by Crippen LogP contribution is -2.23. The standard InChI is InChI=1S/C12H11F3N2O7/c1-3-6(2)8-4-7(16(19)20)5-9(17(21)22)10(8)23-11(18)24-12(13,14)15/h4-6H,3H2,1-2H3. The van der Waals surface area contributed by atoms with Gasteiger partial charge in [-0.15, -0.1) is 13.2 Å². The molecule has 1 aromatic carbocycles. The number of hydrogen-bond acceptors (Lipinski definition) is 7. The van der Waals surface area contributed by atoms with E-state index in [2.05, 4.69) is 9.47 Å². The SMILES string of the molecule is CCC(C)c1cc([N+](=O)[O-])cc([N+](=O)[O-])c1OC(=O)OC(F)(F)F. The number of carbonyl (C=O) groups is 1. The van der Waals surface area contributed by atoms with Crippen LogP contribution in [0.1, 0.15) is 31.7 Å². The van der Waals surface area contributed by atoms with Gasteiger partial charge in [0.05, 0.1) is 15.9 Å². The third-order valence-corrected chi connectivity index (χ3v) is 3.02. The van der Waals surface area contributed by atoms with Crippen molar-refractivity contribution in [1.29, 1.82) is 0 Å². The van der Waals surface area contributed by atoms with Crippen LogP contribution in [0.25, 0.3) is 0 Å². The molecule has 0 amide bonds. The fraction of sp³-hybridized carbons (Fsp3) is 0.417. The molecule has 0 bridgehead atoms. The summed E-state index contributed by atoms with van der Waals surface area (Å²) in [6.45, 7) is 3.14. The molecular formula is C12H11F3N2O7. The van der Waals surface area contributed by atoms with Crippen LogP contribution in [0.2, 0.25) is 0 Å². The van der Waals surface area contributed by atoms with E-state index in [1.165, 1.54) is 6.92 Å². The molecule has 0 aliphatic heterocycles. The average Bonchev–Trinajstić information content (AvgIpc) is 2.43. The summed E-state index contributed by atoms with van der Waals surface area (Å²) < 4.78 is 43.4. The molecule has 24 heavy (non-hydrogen) atoms. The van der Waals surface area contributed by atoms with E-state index in [-0.39, 0.29) is 5.56 Å². The van der Waals surface area contributed by atoms with E-state index in [9.17, 15) is 38.2 Å². The molecule has 0 fully saturated rings. The molecule has 0 radical (unpaired) electrons. The maximum Gasteiger partial charge on any atom is 0.577 e. The Morgan fingerprint density at radius 2 is 1.83 bits per heavy atom. The van der Waals surface area contributed by atoms with Gasteiger partial charge < -0.3 is 9.47 Å². The van der Waals surface area contributed by atoms with Crippen molar-refractivity contribution in [2.24, 2.45) is 0 Å². The zero-order valence-electron chi connectivity index (χ0n) is 12.3. The Bertz CT molecular complexity index is 675. The van der Waals surface area contributed by atoms with Crippen molar-refractivity contribution in [2.75, 3.05) is 0 Å². The van der Waals surface area contributed by atoms with Crippen molar-refractivity contribution in [3.05, 3.63) is 37.9 Å². The molecule has 0 saturated carbocycles. The molecule has 1 atom stereocenters. The molecular weight excluding hydrogens is 341 g/mol. The van der Waals surface area contributed by atoms with Crippen LogP contribution < -0.4 is 4.74 Å². The Hall–Kier alpha value is -2.92. The Morgan fingerprint density at radius 3 is 2.25 bits per heavy atom. The zero-order valence-corrected chi connectivity index (χ0v) is 12.3. The van der Waals surface area contributed by atoms with E-state index in [1.54, 1.807) is 6.92 Å². The third kappa shape index (κ3) is 4.79. The topological polar surface area (TPSA) is 122 Å². The highest BCUT2D eigenvalue weighted by Crippen LogP contribution is 2.40. The summed E-state index contributed by atoms with van der Waals surface area (Å²) >= 11 is 0. The molecule has 1 unspecified atom stereocenters. The highest BCUT2D eigenvalue weighted by molar-refractivity contribution is 5.70. The van der Waals surface area contributed by atoms with Crippen LogP contribution in [-0.2, 0) is 4.74 Å². The second-order valence-electron chi connectivity index (χ2n) is 4.61. The maximum atomic E-state index is 12.0. The van der Waals surface area contributed by atoms with Gasteiger partial charge in [0, 0.05) is 11.6 Å². The number of benzene rings is 1. The zero-order chi connectivity index (χ0) is 18.7. The fourth-order valence-electron chi connectivity index (χ4n) is 1.76. The average molecular weight is 352 g/mol. The molecule has 0 aromatic heterocycles.